The zero-order valence-corrected chi connectivity index (χ0v) is 15.7. The number of nitrogens with one attached hydrogen (secondary N) is 1. The van der Waals surface area contributed by atoms with Gasteiger partial charge in [-0.3, -0.25) is 4.99 Å². The van der Waals surface area contributed by atoms with E-state index in [2.05, 4.69) is 41.7 Å². The molecule has 0 aliphatic heterocycles. The van der Waals surface area contributed by atoms with Gasteiger partial charge in [0.15, 0.2) is 5.96 Å². The average molecular weight is 411 g/mol. The van der Waals surface area contributed by atoms with E-state index in [0.717, 1.165) is 26.2 Å². The molecule has 0 saturated carbocycles. The molecule has 0 fully saturated rings. The quantitative estimate of drug-likeness (QED) is 0.299. The molecule has 1 heterocycles. The van der Waals surface area contributed by atoms with Crippen LogP contribution >= 0.6 is 35.3 Å². The van der Waals surface area contributed by atoms with Crippen molar-refractivity contribution in [1.82, 2.24) is 5.32 Å². The molecule has 4 nitrogen and oxygen atoms in total. The van der Waals surface area contributed by atoms with Crippen LogP contribution in [0.25, 0.3) is 0 Å². The number of thiophene rings is 1. The number of rotatable bonds is 8. The molecule has 0 amide bonds. The van der Waals surface area contributed by atoms with Crippen molar-refractivity contribution in [3.8, 4) is 0 Å². The molecule has 116 valence electrons. The molecule has 3 N–H and O–H groups in total. The maximum atomic E-state index is 5.85. The summed E-state index contributed by atoms with van der Waals surface area (Å²) in [5.74, 6) is 0.515. The van der Waals surface area contributed by atoms with Gasteiger partial charge in [0.25, 0.3) is 0 Å². The van der Waals surface area contributed by atoms with Crippen molar-refractivity contribution in [1.29, 1.82) is 0 Å². The molecular weight excluding hydrogens is 385 g/mol. The minimum atomic E-state index is 0. The zero-order chi connectivity index (χ0) is 14.1. The average Bonchev–Trinajstić information content (AvgIpc) is 2.91. The normalized spacial score (nSPS) is 12.1. The zero-order valence-electron chi connectivity index (χ0n) is 12.5. The van der Waals surface area contributed by atoms with Crippen LogP contribution < -0.4 is 11.1 Å². The highest BCUT2D eigenvalue weighted by Gasteiger charge is 2.21. The van der Waals surface area contributed by atoms with E-state index in [1.807, 2.05) is 6.92 Å². The van der Waals surface area contributed by atoms with Crippen molar-refractivity contribution in [2.75, 3.05) is 26.3 Å². The van der Waals surface area contributed by atoms with Gasteiger partial charge in [-0.1, -0.05) is 19.9 Å². The summed E-state index contributed by atoms with van der Waals surface area (Å²) in [7, 11) is 0. The number of hydrogen-bond donors (Lipinski definition) is 2. The van der Waals surface area contributed by atoms with Crippen molar-refractivity contribution in [2.24, 2.45) is 10.7 Å². The Balaban J connectivity index is 0.00000361. The monoisotopic (exact) mass is 411 g/mol. The third-order valence-corrected chi connectivity index (χ3v) is 4.04. The summed E-state index contributed by atoms with van der Waals surface area (Å²) in [4.78, 5) is 5.75. The van der Waals surface area contributed by atoms with Gasteiger partial charge in [0.1, 0.15) is 0 Å². The summed E-state index contributed by atoms with van der Waals surface area (Å²) < 4.78 is 5.26. The van der Waals surface area contributed by atoms with Crippen LogP contribution in [0.4, 0.5) is 0 Å². The Morgan fingerprint density at radius 1 is 1.50 bits per heavy atom. The lowest BCUT2D eigenvalue weighted by Gasteiger charge is -2.21. The molecule has 0 radical (unpaired) electrons. The van der Waals surface area contributed by atoms with Crippen LogP contribution in [0.2, 0.25) is 0 Å². The van der Waals surface area contributed by atoms with Gasteiger partial charge in [-0.15, -0.1) is 35.3 Å². The molecule has 1 aromatic rings. The fraction of sp³-hybridized carbons (Fsp3) is 0.643. The number of hydrogen-bond acceptors (Lipinski definition) is 3. The molecule has 1 aromatic heterocycles. The second-order valence-electron chi connectivity index (χ2n) is 5.04. The van der Waals surface area contributed by atoms with E-state index in [1.165, 1.54) is 4.88 Å². The number of nitrogens with two attached hydrogens (primary N) is 1. The SMILES string of the molecule is CCOCCCNC(N)=NCC(C)(C)c1cccs1.I. The van der Waals surface area contributed by atoms with Gasteiger partial charge in [-0.05, 0) is 24.8 Å². The van der Waals surface area contributed by atoms with Gasteiger partial charge in [0, 0.05) is 30.1 Å². The third kappa shape index (κ3) is 7.44. The molecule has 0 bridgehead atoms. The summed E-state index contributed by atoms with van der Waals surface area (Å²) in [5.41, 5.74) is 5.88. The van der Waals surface area contributed by atoms with Gasteiger partial charge in [-0.2, -0.15) is 0 Å². The first-order valence-corrected chi connectivity index (χ1v) is 7.59. The minimum Gasteiger partial charge on any atom is -0.382 e. The third-order valence-electron chi connectivity index (χ3n) is 2.81. The summed E-state index contributed by atoms with van der Waals surface area (Å²) >= 11 is 1.76. The number of aliphatic imine (C=N–C) groups is 1. The predicted molar refractivity (Wildman–Crippen MR) is 98.4 cm³/mol. The van der Waals surface area contributed by atoms with Crippen molar-refractivity contribution in [2.45, 2.75) is 32.6 Å². The van der Waals surface area contributed by atoms with Crippen molar-refractivity contribution < 1.29 is 4.74 Å². The van der Waals surface area contributed by atoms with Crippen LogP contribution in [-0.4, -0.2) is 32.3 Å². The van der Waals surface area contributed by atoms with E-state index < -0.39 is 0 Å². The lowest BCUT2D eigenvalue weighted by Crippen LogP contribution is -2.34. The second-order valence-corrected chi connectivity index (χ2v) is 5.99. The number of guanidine groups is 1. The molecule has 1 rings (SSSR count). The number of ether oxygens (including phenoxy) is 1. The standard InChI is InChI=1S/C14H25N3OS.HI/c1-4-18-9-6-8-16-13(15)17-11-14(2,3)12-7-5-10-19-12;/h5,7,10H,4,6,8-9,11H2,1-3H3,(H3,15,16,17);1H. The first kappa shape index (κ1) is 19.7. The fourth-order valence-corrected chi connectivity index (χ4v) is 2.46. The summed E-state index contributed by atoms with van der Waals surface area (Å²) in [6, 6.07) is 4.21. The van der Waals surface area contributed by atoms with Crippen molar-refractivity contribution in [3.05, 3.63) is 22.4 Å². The Bertz CT molecular complexity index is 380. The highest BCUT2D eigenvalue weighted by molar-refractivity contribution is 14.0. The van der Waals surface area contributed by atoms with Gasteiger partial charge in [-0.25, -0.2) is 0 Å². The smallest absolute Gasteiger partial charge is 0.188 e. The van der Waals surface area contributed by atoms with E-state index in [9.17, 15) is 0 Å². The maximum Gasteiger partial charge on any atom is 0.188 e. The highest BCUT2D eigenvalue weighted by atomic mass is 127. The summed E-state index contributed by atoms with van der Waals surface area (Å²) in [6.45, 7) is 9.38. The molecule has 20 heavy (non-hydrogen) atoms. The topological polar surface area (TPSA) is 59.6 Å². The Kier molecular flexibility index (Phi) is 10.2. The Labute approximate surface area is 143 Å². The fourth-order valence-electron chi connectivity index (χ4n) is 1.62. The molecule has 6 heteroatoms. The molecule has 0 spiro atoms. The second kappa shape index (κ2) is 10.4. The van der Waals surface area contributed by atoms with Crippen LogP contribution in [0.3, 0.4) is 0 Å². The predicted octanol–water partition coefficient (Wildman–Crippen LogP) is 2.97. The van der Waals surface area contributed by atoms with Gasteiger partial charge in [0.05, 0.1) is 6.54 Å². The molecular formula is C14H26IN3OS. The first-order valence-electron chi connectivity index (χ1n) is 6.72. The summed E-state index contributed by atoms with van der Waals surface area (Å²) in [6.07, 6.45) is 0.943. The van der Waals surface area contributed by atoms with Gasteiger partial charge < -0.3 is 15.8 Å². The molecule has 0 aliphatic carbocycles. The van der Waals surface area contributed by atoms with Crippen LogP contribution in [0.15, 0.2) is 22.5 Å². The number of halogens is 1. The summed E-state index contributed by atoms with van der Waals surface area (Å²) in [5, 5.41) is 5.20. The molecule has 0 unspecified atom stereocenters. The van der Waals surface area contributed by atoms with Crippen LogP contribution in [0.1, 0.15) is 32.1 Å². The Morgan fingerprint density at radius 3 is 2.85 bits per heavy atom. The highest BCUT2D eigenvalue weighted by Crippen LogP contribution is 2.27. The van der Waals surface area contributed by atoms with Crippen molar-refractivity contribution >= 4 is 41.3 Å². The Morgan fingerprint density at radius 2 is 2.25 bits per heavy atom. The van der Waals surface area contributed by atoms with Gasteiger partial charge in [0.2, 0.25) is 0 Å². The van der Waals surface area contributed by atoms with Crippen LogP contribution in [0, 0.1) is 0 Å². The van der Waals surface area contributed by atoms with E-state index in [1.54, 1.807) is 11.3 Å². The lowest BCUT2D eigenvalue weighted by atomic mass is 9.92. The molecule has 0 saturated heterocycles. The van der Waals surface area contributed by atoms with E-state index >= 15 is 0 Å². The lowest BCUT2D eigenvalue weighted by molar-refractivity contribution is 0.145. The molecule has 0 aromatic carbocycles. The number of nitrogens with zero attached hydrogens (tertiary/aromatic N) is 1. The maximum absolute atomic E-state index is 5.85. The van der Waals surface area contributed by atoms with Crippen molar-refractivity contribution in [3.63, 3.8) is 0 Å². The first-order chi connectivity index (χ1) is 9.06. The molecule has 0 atom stereocenters. The van der Waals surface area contributed by atoms with E-state index in [4.69, 9.17) is 10.5 Å². The van der Waals surface area contributed by atoms with Gasteiger partial charge >= 0.3 is 0 Å². The minimum absolute atomic E-state index is 0. The molecule has 0 aliphatic rings. The van der Waals surface area contributed by atoms with Crippen LogP contribution in [-0.2, 0) is 10.2 Å². The Hall–Kier alpha value is -0.340. The van der Waals surface area contributed by atoms with Crippen LogP contribution in [0.5, 0.6) is 0 Å². The largest absolute Gasteiger partial charge is 0.382 e. The van der Waals surface area contributed by atoms with E-state index in [0.29, 0.717) is 12.5 Å². The van der Waals surface area contributed by atoms with E-state index in [-0.39, 0.29) is 29.4 Å².